The Hall–Kier alpha value is -3.76. The van der Waals surface area contributed by atoms with Crippen LogP contribution in [0.3, 0.4) is 0 Å². The fourth-order valence-electron chi connectivity index (χ4n) is 4.29. The Morgan fingerprint density at radius 1 is 1.03 bits per heavy atom. The average molecular weight is 463 g/mol. The number of rotatable bonds is 7. The van der Waals surface area contributed by atoms with Crippen molar-refractivity contribution in [2.75, 3.05) is 40.5 Å². The molecule has 1 N–H and O–H groups in total. The van der Waals surface area contributed by atoms with E-state index in [1.54, 1.807) is 18.9 Å². The van der Waals surface area contributed by atoms with Crippen molar-refractivity contribution in [2.45, 2.75) is 12.6 Å². The van der Waals surface area contributed by atoms with Gasteiger partial charge in [0, 0.05) is 24.7 Å². The molecule has 0 spiro atoms. The number of morpholine rings is 1. The van der Waals surface area contributed by atoms with Crippen molar-refractivity contribution >= 4 is 10.9 Å². The minimum absolute atomic E-state index is 0.184. The highest BCUT2D eigenvalue weighted by molar-refractivity contribution is 5.80. The van der Waals surface area contributed by atoms with E-state index in [-0.39, 0.29) is 5.56 Å². The van der Waals surface area contributed by atoms with Crippen molar-refractivity contribution in [1.29, 1.82) is 0 Å². The predicted octanol–water partition coefficient (Wildman–Crippen LogP) is 2.00. The van der Waals surface area contributed by atoms with Gasteiger partial charge in [-0.3, -0.25) is 9.69 Å². The first-order chi connectivity index (χ1) is 16.7. The van der Waals surface area contributed by atoms with E-state index in [0.717, 1.165) is 16.7 Å². The van der Waals surface area contributed by atoms with Crippen LogP contribution in [0.4, 0.5) is 0 Å². The molecule has 2 aromatic carbocycles. The van der Waals surface area contributed by atoms with E-state index in [1.807, 2.05) is 48.5 Å². The summed E-state index contributed by atoms with van der Waals surface area (Å²) in [6.07, 6.45) is 0. The van der Waals surface area contributed by atoms with Crippen molar-refractivity contribution in [3.63, 3.8) is 0 Å². The molecule has 1 atom stereocenters. The Balaban J connectivity index is 1.57. The van der Waals surface area contributed by atoms with Crippen molar-refractivity contribution in [1.82, 2.24) is 30.1 Å². The quantitative estimate of drug-likeness (QED) is 0.444. The number of nitrogens with one attached hydrogen (secondary N) is 1. The first kappa shape index (κ1) is 22.1. The molecule has 1 aliphatic heterocycles. The maximum atomic E-state index is 13.3. The Labute approximate surface area is 196 Å². The predicted molar refractivity (Wildman–Crippen MR) is 125 cm³/mol. The number of ether oxygens (including phenoxy) is 3. The molecule has 10 heteroatoms. The maximum absolute atomic E-state index is 13.3. The Morgan fingerprint density at radius 2 is 1.76 bits per heavy atom. The molecule has 0 saturated carbocycles. The van der Waals surface area contributed by atoms with Crippen LogP contribution in [-0.4, -0.2) is 70.6 Å². The fourth-order valence-corrected chi connectivity index (χ4v) is 4.29. The van der Waals surface area contributed by atoms with Crippen LogP contribution in [0.1, 0.15) is 23.0 Å². The average Bonchev–Trinajstić information content (AvgIpc) is 3.33. The summed E-state index contributed by atoms with van der Waals surface area (Å²) in [6, 6.07) is 14.9. The first-order valence-corrected chi connectivity index (χ1v) is 11.1. The number of hydrogen-bond acceptors (Lipinski definition) is 8. The second kappa shape index (κ2) is 9.62. The van der Waals surface area contributed by atoms with E-state index in [2.05, 4.69) is 25.4 Å². The molecule has 3 heterocycles. The van der Waals surface area contributed by atoms with E-state index in [0.29, 0.717) is 55.5 Å². The zero-order chi connectivity index (χ0) is 23.5. The molecule has 4 aromatic rings. The number of aromatic amines is 1. The normalized spacial score (nSPS) is 15.4. The highest BCUT2D eigenvalue weighted by Crippen LogP contribution is 2.28. The number of hydrogen-bond donors (Lipinski definition) is 1. The smallest absolute Gasteiger partial charge is 0.253 e. The van der Waals surface area contributed by atoms with Gasteiger partial charge in [-0.25, -0.2) is 4.68 Å². The topological polar surface area (TPSA) is 107 Å². The van der Waals surface area contributed by atoms with Gasteiger partial charge in [-0.15, -0.1) is 5.10 Å². The van der Waals surface area contributed by atoms with Crippen LogP contribution in [-0.2, 0) is 11.3 Å². The number of tetrazole rings is 1. The standard InChI is InChI=1S/C24H26N6O4/c1-32-18-6-3-16(4-7-18)15-30-23(26-27-28-30)22(29-9-11-34-12-10-29)20-13-17-5-8-19(33-2)14-21(17)25-24(20)31/h3-8,13-14,22H,9-12,15H2,1-2H3,(H,25,31)/t22-/m0/s1. The van der Waals surface area contributed by atoms with E-state index in [1.165, 1.54) is 0 Å². The molecule has 1 saturated heterocycles. The van der Waals surface area contributed by atoms with Gasteiger partial charge in [0.25, 0.3) is 5.56 Å². The molecule has 1 fully saturated rings. The molecule has 1 aliphatic rings. The molecule has 0 unspecified atom stereocenters. The Bertz CT molecular complexity index is 1330. The van der Waals surface area contributed by atoms with Crippen LogP contribution in [0.25, 0.3) is 10.9 Å². The SMILES string of the molecule is COc1ccc(Cn2nnnc2[C@H](c2cc3ccc(OC)cc3[nH]c2=O)N2CCOCC2)cc1. The van der Waals surface area contributed by atoms with Crippen LogP contribution in [0, 0.1) is 0 Å². The van der Waals surface area contributed by atoms with Gasteiger partial charge in [-0.05, 0) is 51.7 Å². The second-order valence-corrected chi connectivity index (χ2v) is 8.10. The Kier molecular flexibility index (Phi) is 6.24. The molecule has 0 amide bonds. The third-order valence-corrected chi connectivity index (χ3v) is 6.08. The maximum Gasteiger partial charge on any atom is 0.253 e. The highest BCUT2D eigenvalue weighted by Gasteiger charge is 2.31. The van der Waals surface area contributed by atoms with Crippen molar-refractivity contribution in [3.8, 4) is 11.5 Å². The summed E-state index contributed by atoms with van der Waals surface area (Å²) in [6.45, 7) is 2.97. The molecule has 0 bridgehead atoms. The number of aromatic nitrogens is 5. The summed E-state index contributed by atoms with van der Waals surface area (Å²) in [5, 5.41) is 13.5. The molecule has 2 aromatic heterocycles. The molecular weight excluding hydrogens is 436 g/mol. The molecule has 5 rings (SSSR count). The number of methoxy groups -OCH3 is 2. The van der Waals surface area contributed by atoms with Crippen LogP contribution in [0.2, 0.25) is 0 Å². The van der Waals surface area contributed by atoms with Crippen molar-refractivity contribution in [2.24, 2.45) is 0 Å². The van der Waals surface area contributed by atoms with Gasteiger partial charge in [-0.2, -0.15) is 0 Å². The zero-order valence-electron chi connectivity index (χ0n) is 19.1. The summed E-state index contributed by atoms with van der Waals surface area (Å²) < 4.78 is 17.9. The molecule has 10 nitrogen and oxygen atoms in total. The molecule has 34 heavy (non-hydrogen) atoms. The minimum atomic E-state index is -0.424. The number of nitrogens with zero attached hydrogens (tertiary/aromatic N) is 5. The van der Waals surface area contributed by atoms with Crippen molar-refractivity contribution in [3.05, 3.63) is 75.8 Å². The van der Waals surface area contributed by atoms with Crippen LogP contribution in [0.15, 0.2) is 53.3 Å². The lowest BCUT2D eigenvalue weighted by Gasteiger charge is -2.33. The minimum Gasteiger partial charge on any atom is -0.497 e. The lowest BCUT2D eigenvalue weighted by atomic mass is 10.0. The number of H-pyrrole nitrogens is 1. The van der Waals surface area contributed by atoms with E-state index >= 15 is 0 Å². The Morgan fingerprint density at radius 3 is 2.50 bits per heavy atom. The van der Waals surface area contributed by atoms with E-state index in [9.17, 15) is 4.79 Å². The third kappa shape index (κ3) is 4.37. The molecular formula is C24H26N6O4. The van der Waals surface area contributed by atoms with Gasteiger partial charge < -0.3 is 19.2 Å². The van der Waals surface area contributed by atoms with Crippen LogP contribution >= 0.6 is 0 Å². The zero-order valence-corrected chi connectivity index (χ0v) is 19.1. The van der Waals surface area contributed by atoms with Crippen molar-refractivity contribution < 1.29 is 14.2 Å². The van der Waals surface area contributed by atoms with Gasteiger partial charge in [0.05, 0.1) is 39.5 Å². The lowest BCUT2D eigenvalue weighted by molar-refractivity contribution is 0.0214. The lowest BCUT2D eigenvalue weighted by Crippen LogP contribution is -2.42. The largest absolute Gasteiger partial charge is 0.497 e. The molecule has 176 valence electrons. The number of fused-ring (bicyclic) bond motifs is 1. The van der Waals surface area contributed by atoms with Crippen LogP contribution in [0.5, 0.6) is 11.5 Å². The summed E-state index contributed by atoms with van der Waals surface area (Å²) in [4.78, 5) is 18.5. The summed E-state index contributed by atoms with van der Waals surface area (Å²) in [7, 11) is 3.24. The number of benzene rings is 2. The van der Waals surface area contributed by atoms with Gasteiger partial charge in [0.15, 0.2) is 5.82 Å². The summed E-state index contributed by atoms with van der Waals surface area (Å²) in [5.74, 6) is 2.08. The monoisotopic (exact) mass is 462 g/mol. The summed E-state index contributed by atoms with van der Waals surface area (Å²) in [5.41, 5.74) is 2.14. The summed E-state index contributed by atoms with van der Waals surface area (Å²) >= 11 is 0. The van der Waals surface area contributed by atoms with E-state index < -0.39 is 6.04 Å². The van der Waals surface area contributed by atoms with Gasteiger partial charge >= 0.3 is 0 Å². The van der Waals surface area contributed by atoms with Gasteiger partial charge in [-0.1, -0.05) is 12.1 Å². The number of pyridine rings is 1. The first-order valence-electron chi connectivity index (χ1n) is 11.1. The highest BCUT2D eigenvalue weighted by atomic mass is 16.5. The fraction of sp³-hybridized carbons (Fsp3) is 0.333. The molecule has 0 radical (unpaired) electrons. The second-order valence-electron chi connectivity index (χ2n) is 8.10. The third-order valence-electron chi connectivity index (χ3n) is 6.08. The molecule has 0 aliphatic carbocycles. The van der Waals surface area contributed by atoms with E-state index in [4.69, 9.17) is 14.2 Å². The van der Waals surface area contributed by atoms with Gasteiger partial charge in [0.2, 0.25) is 0 Å². The van der Waals surface area contributed by atoms with Crippen LogP contribution < -0.4 is 15.0 Å². The van der Waals surface area contributed by atoms with Gasteiger partial charge in [0.1, 0.15) is 17.5 Å².